The summed E-state index contributed by atoms with van der Waals surface area (Å²) in [6, 6.07) is 3.21. The van der Waals surface area contributed by atoms with Crippen LogP contribution in [0.4, 0.5) is 5.69 Å². The Labute approximate surface area is 123 Å². The Morgan fingerprint density at radius 3 is 2.21 bits per heavy atom. The minimum atomic E-state index is -0.00725. The highest BCUT2D eigenvalue weighted by Crippen LogP contribution is 2.30. The number of likely N-dealkylation sites (tertiary alicyclic amines) is 1. The molecule has 0 saturated carbocycles. The van der Waals surface area contributed by atoms with E-state index in [1.54, 1.807) is 12.1 Å². The fraction of sp³-hybridized carbons (Fsp3) is 0.500. The Kier molecular flexibility index (Phi) is 4.94. The van der Waals surface area contributed by atoms with Gasteiger partial charge in [-0.05, 0) is 25.0 Å². The van der Waals surface area contributed by atoms with Crippen LogP contribution in [-0.4, -0.2) is 23.9 Å². The molecule has 1 amide bonds. The molecule has 5 heteroatoms. The second-order valence-corrected chi connectivity index (χ2v) is 5.71. The van der Waals surface area contributed by atoms with Crippen LogP contribution in [0.3, 0.4) is 0 Å². The van der Waals surface area contributed by atoms with Gasteiger partial charge in [0.05, 0.1) is 15.7 Å². The molecular formula is C14H18Cl2N2O. The van der Waals surface area contributed by atoms with Crippen LogP contribution in [-0.2, 0) is 0 Å². The summed E-state index contributed by atoms with van der Waals surface area (Å²) in [7, 11) is 0. The monoisotopic (exact) mass is 300 g/mol. The van der Waals surface area contributed by atoms with E-state index < -0.39 is 0 Å². The van der Waals surface area contributed by atoms with Gasteiger partial charge < -0.3 is 10.6 Å². The van der Waals surface area contributed by atoms with Crippen LogP contribution in [0.25, 0.3) is 0 Å². The zero-order valence-corrected chi connectivity index (χ0v) is 12.3. The smallest absolute Gasteiger partial charge is 0.253 e. The van der Waals surface area contributed by atoms with Gasteiger partial charge >= 0.3 is 0 Å². The molecule has 0 radical (unpaired) electrons. The third-order valence-corrected chi connectivity index (χ3v) is 4.26. The zero-order valence-electron chi connectivity index (χ0n) is 10.8. The number of halogens is 2. The minimum absolute atomic E-state index is 0.00725. The Balaban J connectivity index is 2.18. The standard InChI is InChI=1S/C14H18Cl2N2O/c15-11-8-10(9-12(17)13(11)16)14(19)18-6-4-2-1-3-5-7-18/h8-9H,1-7,17H2. The molecule has 1 aliphatic heterocycles. The van der Waals surface area contributed by atoms with Crippen molar-refractivity contribution in [3.05, 3.63) is 27.7 Å². The number of hydrogen-bond acceptors (Lipinski definition) is 2. The van der Waals surface area contributed by atoms with Gasteiger partial charge in [-0.3, -0.25) is 4.79 Å². The second kappa shape index (κ2) is 6.49. The van der Waals surface area contributed by atoms with E-state index in [0.717, 1.165) is 25.9 Å². The third kappa shape index (κ3) is 3.54. The van der Waals surface area contributed by atoms with Gasteiger partial charge in [0.2, 0.25) is 0 Å². The van der Waals surface area contributed by atoms with E-state index in [0.29, 0.717) is 21.3 Å². The maximum Gasteiger partial charge on any atom is 0.253 e. The van der Waals surface area contributed by atoms with E-state index in [1.165, 1.54) is 19.3 Å². The lowest BCUT2D eigenvalue weighted by molar-refractivity contribution is 0.0742. The first-order valence-electron chi connectivity index (χ1n) is 6.63. The largest absolute Gasteiger partial charge is 0.397 e. The third-order valence-electron chi connectivity index (χ3n) is 3.45. The van der Waals surface area contributed by atoms with E-state index in [4.69, 9.17) is 28.9 Å². The maximum atomic E-state index is 12.4. The van der Waals surface area contributed by atoms with Gasteiger partial charge in [0.15, 0.2) is 0 Å². The van der Waals surface area contributed by atoms with Crippen molar-refractivity contribution in [1.29, 1.82) is 0 Å². The summed E-state index contributed by atoms with van der Waals surface area (Å²) in [4.78, 5) is 14.3. The summed E-state index contributed by atoms with van der Waals surface area (Å²) in [5.41, 5.74) is 6.63. The van der Waals surface area contributed by atoms with Crippen molar-refractivity contribution in [1.82, 2.24) is 4.90 Å². The summed E-state index contributed by atoms with van der Waals surface area (Å²) in [5.74, 6) is -0.00725. The van der Waals surface area contributed by atoms with Crippen LogP contribution < -0.4 is 5.73 Å². The predicted octanol–water partition coefficient (Wildman–Crippen LogP) is 3.98. The quantitative estimate of drug-likeness (QED) is 0.797. The Bertz CT molecular complexity index is 446. The van der Waals surface area contributed by atoms with Crippen LogP contribution in [0.2, 0.25) is 10.0 Å². The molecule has 19 heavy (non-hydrogen) atoms. The molecule has 0 bridgehead atoms. The Hall–Kier alpha value is -0.930. The molecule has 1 aliphatic rings. The van der Waals surface area contributed by atoms with Gasteiger partial charge in [0.25, 0.3) is 5.91 Å². The number of amides is 1. The molecule has 1 aromatic rings. The lowest BCUT2D eigenvalue weighted by atomic mass is 10.1. The van der Waals surface area contributed by atoms with E-state index in [1.807, 2.05) is 4.90 Å². The van der Waals surface area contributed by atoms with Crippen molar-refractivity contribution in [3.63, 3.8) is 0 Å². The van der Waals surface area contributed by atoms with Crippen molar-refractivity contribution < 1.29 is 4.79 Å². The molecule has 0 aliphatic carbocycles. The summed E-state index contributed by atoms with van der Waals surface area (Å²) < 4.78 is 0. The zero-order chi connectivity index (χ0) is 13.8. The van der Waals surface area contributed by atoms with Crippen molar-refractivity contribution in [2.45, 2.75) is 32.1 Å². The van der Waals surface area contributed by atoms with Crippen LogP contribution in [0, 0.1) is 0 Å². The first kappa shape index (κ1) is 14.5. The molecule has 2 N–H and O–H groups in total. The Morgan fingerprint density at radius 2 is 1.63 bits per heavy atom. The summed E-state index contributed by atoms with van der Waals surface area (Å²) >= 11 is 11.9. The number of benzene rings is 1. The van der Waals surface area contributed by atoms with Crippen molar-refractivity contribution in [2.24, 2.45) is 0 Å². The highest BCUT2D eigenvalue weighted by molar-refractivity contribution is 6.43. The molecule has 0 atom stereocenters. The van der Waals surface area contributed by atoms with Crippen LogP contribution in [0.1, 0.15) is 42.5 Å². The van der Waals surface area contributed by atoms with Crippen LogP contribution >= 0.6 is 23.2 Å². The first-order chi connectivity index (χ1) is 9.09. The second-order valence-electron chi connectivity index (χ2n) is 4.92. The van der Waals surface area contributed by atoms with Crippen LogP contribution in [0.5, 0.6) is 0 Å². The van der Waals surface area contributed by atoms with Crippen molar-refractivity contribution in [2.75, 3.05) is 18.8 Å². The van der Waals surface area contributed by atoms with Crippen molar-refractivity contribution in [3.8, 4) is 0 Å². The highest BCUT2D eigenvalue weighted by Gasteiger charge is 2.18. The number of carbonyl (C=O) groups excluding carboxylic acids is 1. The van der Waals surface area contributed by atoms with Crippen LogP contribution in [0.15, 0.2) is 12.1 Å². The average Bonchev–Trinajstić information content (AvgIpc) is 2.34. The molecule has 2 rings (SSSR count). The minimum Gasteiger partial charge on any atom is -0.397 e. The average molecular weight is 301 g/mol. The number of anilines is 1. The van der Waals surface area contributed by atoms with E-state index >= 15 is 0 Å². The normalized spacial score (nSPS) is 16.8. The molecule has 3 nitrogen and oxygen atoms in total. The molecule has 0 unspecified atom stereocenters. The molecule has 0 aromatic heterocycles. The van der Waals surface area contributed by atoms with Crippen molar-refractivity contribution >= 4 is 34.8 Å². The van der Waals surface area contributed by atoms with E-state index in [2.05, 4.69) is 0 Å². The van der Waals surface area contributed by atoms with Gasteiger partial charge in [0.1, 0.15) is 0 Å². The number of rotatable bonds is 1. The molecule has 1 aromatic carbocycles. The topological polar surface area (TPSA) is 46.3 Å². The fourth-order valence-corrected chi connectivity index (χ4v) is 2.70. The predicted molar refractivity (Wildman–Crippen MR) is 79.9 cm³/mol. The van der Waals surface area contributed by atoms with Gasteiger partial charge in [-0.2, -0.15) is 0 Å². The first-order valence-corrected chi connectivity index (χ1v) is 7.39. The summed E-state index contributed by atoms with van der Waals surface area (Å²) in [6.07, 6.45) is 5.76. The summed E-state index contributed by atoms with van der Waals surface area (Å²) in [6.45, 7) is 1.61. The summed E-state index contributed by atoms with van der Waals surface area (Å²) in [5, 5.41) is 0.642. The number of nitrogen functional groups attached to an aromatic ring is 1. The number of nitrogens with two attached hydrogens (primary N) is 1. The number of carbonyl (C=O) groups is 1. The maximum absolute atomic E-state index is 12.4. The fourth-order valence-electron chi connectivity index (χ4n) is 2.37. The molecule has 0 spiro atoms. The van der Waals surface area contributed by atoms with E-state index in [-0.39, 0.29) is 5.91 Å². The van der Waals surface area contributed by atoms with Gasteiger partial charge in [-0.1, -0.05) is 42.5 Å². The Morgan fingerprint density at radius 1 is 1.05 bits per heavy atom. The lowest BCUT2D eigenvalue weighted by Gasteiger charge is -2.25. The van der Waals surface area contributed by atoms with Gasteiger partial charge in [-0.25, -0.2) is 0 Å². The molecular weight excluding hydrogens is 283 g/mol. The SMILES string of the molecule is Nc1cc(C(=O)N2CCCCCCC2)cc(Cl)c1Cl. The number of hydrogen-bond donors (Lipinski definition) is 1. The van der Waals surface area contributed by atoms with E-state index in [9.17, 15) is 4.79 Å². The molecule has 1 saturated heterocycles. The van der Waals surface area contributed by atoms with Gasteiger partial charge in [-0.15, -0.1) is 0 Å². The lowest BCUT2D eigenvalue weighted by Crippen LogP contribution is -2.33. The molecule has 1 heterocycles. The number of nitrogens with zero attached hydrogens (tertiary/aromatic N) is 1. The highest BCUT2D eigenvalue weighted by atomic mass is 35.5. The molecule has 104 valence electrons. The molecule has 1 fully saturated rings. The van der Waals surface area contributed by atoms with Gasteiger partial charge in [0, 0.05) is 18.7 Å².